The van der Waals surface area contributed by atoms with Gasteiger partial charge in [0.05, 0.1) is 13.2 Å². The van der Waals surface area contributed by atoms with Gasteiger partial charge in [-0.2, -0.15) is 0 Å². The zero-order valence-corrected chi connectivity index (χ0v) is 11.9. The number of rotatable bonds is 6. The average molecular weight is 278 g/mol. The quantitative estimate of drug-likeness (QED) is 0.852. The van der Waals surface area contributed by atoms with E-state index in [4.69, 9.17) is 15.2 Å². The SMILES string of the molecule is CCCOc1ccc(C(N)CN2CCOCC2=O)cc1. The van der Waals surface area contributed by atoms with Crippen molar-refractivity contribution in [1.82, 2.24) is 4.90 Å². The van der Waals surface area contributed by atoms with Gasteiger partial charge in [-0.1, -0.05) is 19.1 Å². The molecule has 1 aromatic rings. The molecule has 1 unspecified atom stereocenters. The van der Waals surface area contributed by atoms with Crippen molar-refractivity contribution in [2.24, 2.45) is 5.73 Å². The highest BCUT2D eigenvalue weighted by Crippen LogP contribution is 2.18. The fourth-order valence-corrected chi connectivity index (χ4v) is 2.12. The molecular weight excluding hydrogens is 256 g/mol. The van der Waals surface area contributed by atoms with E-state index in [1.165, 1.54) is 0 Å². The highest BCUT2D eigenvalue weighted by Gasteiger charge is 2.21. The topological polar surface area (TPSA) is 64.8 Å². The van der Waals surface area contributed by atoms with Crippen molar-refractivity contribution in [3.63, 3.8) is 0 Å². The molecule has 0 saturated carbocycles. The summed E-state index contributed by atoms with van der Waals surface area (Å²) in [7, 11) is 0. The van der Waals surface area contributed by atoms with E-state index >= 15 is 0 Å². The van der Waals surface area contributed by atoms with Crippen molar-refractivity contribution in [2.75, 3.05) is 32.9 Å². The summed E-state index contributed by atoms with van der Waals surface area (Å²) in [4.78, 5) is 13.4. The van der Waals surface area contributed by atoms with Crippen LogP contribution in [0.3, 0.4) is 0 Å². The van der Waals surface area contributed by atoms with Crippen molar-refractivity contribution in [1.29, 1.82) is 0 Å². The van der Waals surface area contributed by atoms with Gasteiger partial charge in [0.2, 0.25) is 5.91 Å². The lowest BCUT2D eigenvalue weighted by Crippen LogP contribution is -2.44. The molecule has 1 aliphatic rings. The Bertz CT molecular complexity index is 433. The molecule has 5 nitrogen and oxygen atoms in total. The summed E-state index contributed by atoms with van der Waals surface area (Å²) in [5.41, 5.74) is 7.17. The first-order valence-corrected chi connectivity index (χ1v) is 7.04. The van der Waals surface area contributed by atoms with Crippen molar-refractivity contribution < 1.29 is 14.3 Å². The van der Waals surface area contributed by atoms with Crippen LogP contribution in [0.1, 0.15) is 24.9 Å². The van der Waals surface area contributed by atoms with Crippen LogP contribution in [-0.4, -0.2) is 43.7 Å². The Morgan fingerprint density at radius 3 is 2.80 bits per heavy atom. The molecule has 1 saturated heterocycles. The van der Waals surface area contributed by atoms with Gasteiger partial charge in [-0.25, -0.2) is 0 Å². The smallest absolute Gasteiger partial charge is 0.248 e. The normalized spacial score (nSPS) is 17.1. The third-order valence-electron chi connectivity index (χ3n) is 3.28. The van der Waals surface area contributed by atoms with Crippen LogP contribution >= 0.6 is 0 Å². The number of carbonyl (C=O) groups excluding carboxylic acids is 1. The van der Waals surface area contributed by atoms with E-state index < -0.39 is 0 Å². The average Bonchev–Trinajstić information content (AvgIpc) is 2.48. The molecule has 0 aromatic heterocycles. The highest BCUT2D eigenvalue weighted by molar-refractivity contribution is 5.78. The van der Waals surface area contributed by atoms with E-state index in [1.54, 1.807) is 4.90 Å². The Kier molecular flexibility index (Phi) is 5.38. The maximum atomic E-state index is 11.7. The van der Waals surface area contributed by atoms with Gasteiger partial charge in [0.1, 0.15) is 12.4 Å². The van der Waals surface area contributed by atoms with E-state index in [0.717, 1.165) is 17.7 Å². The molecule has 1 aromatic carbocycles. The Balaban J connectivity index is 1.91. The first-order chi connectivity index (χ1) is 9.70. The number of morpholine rings is 1. The Morgan fingerprint density at radius 1 is 1.40 bits per heavy atom. The molecule has 110 valence electrons. The molecule has 0 bridgehead atoms. The van der Waals surface area contributed by atoms with Crippen LogP contribution in [0, 0.1) is 0 Å². The predicted octanol–water partition coefficient (Wildman–Crippen LogP) is 1.33. The third-order valence-corrected chi connectivity index (χ3v) is 3.28. The maximum Gasteiger partial charge on any atom is 0.248 e. The van der Waals surface area contributed by atoms with Gasteiger partial charge in [-0.3, -0.25) is 4.79 Å². The van der Waals surface area contributed by atoms with Gasteiger partial charge in [0.25, 0.3) is 0 Å². The fraction of sp³-hybridized carbons (Fsp3) is 0.533. The standard InChI is InChI=1S/C15H22N2O3/c1-2-8-20-13-5-3-12(4-6-13)14(16)10-17-7-9-19-11-15(17)18/h3-6,14H,2,7-11,16H2,1H3. The lowest BCUT2D eigenvalue weighted by molar-refractivity contribution is -0.142. The van der Waals surface area contributed by atoms with Crippen LogP contribution < -0.4 is 10.5 Å². The van der Waals surface area contributed by atoms with E-state index in [-0.39, 0.29) is 18.6 Å². The third kappa shape index (κ3) is 3.95. The molecule has 20 heavy (non-hydrogen) atoms. The Hall–Kier alpha value is -1.59. The van der Waals surface area contributed by atoms with Gasteiger partial charge >= 0.3 is 0 Å². The molecule has 0 aliphatic carbocycles. The summed E-state index contributed by atoms with van der Waals surface area (Å²) in [6, 6.07) is 7.58. The number of benzene rings is 1. The Morgan fingerprint density at radius 2 is 2.15 bits per heavy atom. The second-order valence-electron chi connectivity index (χ2n) is 4.92. The molecule has 1 fully saturated rings. The zero-order chi connectivity index (χ0) is 14.4. The van der Waals surface area contributed by atoms with Crippen LogP contribution in [0.2, 0.25) is 0 Å². The largest absolute Gasteiger partial charge is 0.494 e. The van der Waals surface area contributed by atoms with Crippen molar-refractivity contribution in [3.8, 4) is 5.75 Å². The van der Waals surface area contributed by atoms with Crippen molar-refractivity contribution in [2.45, 2.75) is 19.4 Å². The molecule has 2 N–H and O–H groups in total. The second-order valence-corrected chi connectivity index (χ2v) is 4.92. The van der Waals surface area contributed by atoms with Gasteiger partial charge in [-0.05, 0) is 24.1 Å². The molecule has 2 rings (SSSR count). The molecule has 5 heteroatoms. The van der Waals surface area contributed by atoms with Crippen molar-refractivity contribution in [3.05, 3.63) is 29.8 Å². The van der Waals surface area contributed by atoms with Gasteiger partial charge in [-0.15, -0.1) is 0 Å². The summed E-state index contributed by atoms with van der Waals surface area (Å²) in [5.74, 6) is 0.861. The van der Waals surface area contributed by atoms with Gasteiger partial charge in [0.15, 0.2) is 0 Å². The van der Waals surface area contributed by atoms with E-state index in [9.17, 15) is 4.79 Å². The predicted molar refractivity (Wildman–Crippen MR) is 76.6 cm³/mol. The number of hydrogen-bond donors (Lipinski definition) is 1. The first kappa shape index (κ1) is 14.8. The highest BCUT2D eigenvalue weighted by atomic mass is 16.5. The summed E-state index contributed by atoms with van der Waals surface area (Å²) in [5, 5.41) is 0. The number of hydrogen-bond acceptors (Lipinski definition) is 4. The van der Waals surface area contributed by atoms with E-state index in [1.807, 2.05) is 24.3 Å². The number of nitrogens with zero attached hydrogens (tertiary/aromatic N) is 1. The minimum atomic E-state index is -0.183. The van der Waals surface area contributed by atoms with Crippen LogP contribution in [0.4, 0.5) is 0 Å². The number of carbonyl (C=O) groups is 1. The molecule has 0 spiro atoms. The maximum absolute atomic E-state index is 11.7. The molecule has 1 amide bonds. The fourth-order valence-electron chi connectivity index (χ4n) is 2.12. The van der Waals surface area contributed by atoms with Crippen LogP contribution in [-0.2, 0) is 9.53 Å². The summed E-state index contributed by atoms with van der Waals surface area (Å²) in [6.45, 7) is 4.68. The lowest BCUT2D eigenvalue weighted by atomic mass is 10.1. The molecular formula is C15H22N2O3. The molecule has 1 heterocycles. The Labute approximate surface area is 119 Å². The second kappa shape index (κ2) is 7.26. The van der Waals surface area contributed by atoms with Crippen LogP contribution in [0.25, 0.3) is 0 Å². The summed E-state index contributed by atoms with van der Waals surface area (Å²) in [6.07, 6.45) is 0.987. The molecule has 0 radical (unpaired) electrons. The number of amides is 1. The minimum Gasteiger partial charge on any atom is -0.494 e. The number of nitrogens with two attached hydrogens (primary N) is 1. The van der Waals surface area contributed by atoms with Crippen molar-refractivity contribution >= 4 is 5.91 Å². The van der Waals surface area contributed by atoms with Gasteiger partial charge in [0, 0.05) is 19.1 Å². The van der Waals surface area contributed by atoms with Gasteiger partial charge < -0.3 is 20.1 Å². The van der Waals surface area contributed by atoms with Crippen LogP contribution in [0.15, 0.2) is 24.3 Å². The summed E-state index contributed by atoms with van der Waals surface area (Å²) >= 11 is 0. The lowest BCUT2D eigenvalue weighted by Gasteiger charge is -2.29. The monoisotopic (exact) mass is 278 g/mol. The molecule has 1 aliphatic heterocycles. The number of ether oxygens (including phenoxy) is 2. The van der Waals surface area contributed by atoms with Crippen LogP contribution in [0.5, 0.6) is 5.75 Å². The zero-order valence-electron chi connectivity index (χ0n) is 11.9. The van der Waals surface area contributed by atoms with E-state index in [2.05, 4.69) is 6.92 Å². The first-order valence-electron chi connectivity index (χ1n) is 7.04. The minimum absolute atomic E-state index is 0.00889. The van der Waals surface area contributed by atoms with E-state index in [0.29, 0.717) is 26.3 Å². The molecule has 1 atom stereocenters. The summed E-state index contributed by atoms with van der Waals surface area (Å²) < 4.78 is 10.6.